The Morgan fingerprint density at radius 1 is 1.62 bits per heavy atom. The summed E-state index contributed by atoms with van der Waals surface area (Å²) in [7, 11) is 1.85. The van der Waals surface area contributed by atoms with Crippen LogP contribution in [0.2, 0.25) is 0 Å². The van der Waals surface area contributed by atoms with E-state index in [1.165, 1.54) is 0 Å². The predicted molar refractivity (Wildman–Crippen MR) is 49.2 cm³/mol. The molecule has 0 aliphatic carbocycles. The lowest BCUT2D eigenvalue weighted by molar-refractivity contribution is -0.133. The molecular weight excluding hydrogens is 166 g/mol. The highest BCUT2D eigenvalue weighted by molar-refractivity contribution is 5.79. The number of hydrogen-bond donors (Lipinski definition) is 2. The molecule has 2 heterocycles. The third-order valence-corrected chi connectivity index (χ3v) is 2.48. The van der Waals surface area contributed by atoms with Crippen molar-refractivity contribution in [3.63, 3.8) is 0 Å². The molecule has 1 aromatic rings. The second-order valence-electron chi connectivity index (χ2n) is 3.30. The molecule has 4 heteroatoms. The van der Waals surface area contributed by atoms with E-state index in [1.54, 1.807) is 4.90 Å². The summed E-state index contributed by atoms with van der Waals surface area (Å²) in [6.45, 7) is 1.29. The molecule has 2 rings (SSSR count). The first-order valence-electron chi connectivity index (χ1n) is 4.38. The summed E-state index contributed by atoms with van der Waals surface area (Å²) < 4.78 is 0. The zero-order chi connectivity index (χ0) is 9.26. The van der Waals surface area contributed by atoms with Crippen molar-refractivity contribution in [2.75, 3.05) is 20.1 Å². The van der Waals surface area contributed by atoms with Gasteiger partial charge >= 0.3 is 0 Å². The summed E-state index contributed by atoms with van der Waals surface area (Å²) in [6.07, 6.45) is 3.81. The Balaban J connectivity index is 2.19. The van der Waals surface area contributed by atoms with Gasteiger partial charge in [0.1, 0.15) is 0 Å². The molecule has 1 aliphatic heterocycles. The maximum absolute atomic E-state index is 11.4. The van der Waals surface area contributed by atoms with E-state index in [4.69, 9.17) is 0 Å². The fourth-order valence-corrected chi connectivity index (χ4v) is 1.64. The van der Waals surface area contributed by atoms with E-state index in [0.29, 0.717) is 6.54 Å². The van der Waals surface area contributed by atoms with Gasteiger partial charge in [-0.3, -0.25) is 4.79 Å². The fourth-order valence-electron chi connectivity index (χ4n) is 1.64. The Kier molecular flexibility index (Phi) is 2.06. The number of nitrogens with one attached hydrogen (secondary N) is 2. The van der Waals surface area contributed by atoms with Gasteiger partial charge in [-0.05, 0) is 11.6 Å². The van der Waals surface area contributed by atoms with Crippen molar-refractivity contribution in [1.82, 2.24) is 15.2 Å². The molecule has 1 aromatic heterocycles. The number of hydrogen-bond acceptors (Lipinski definition) is 2. The lowest BCUT2D eigenvalue weighted by Gasteiger charge is -2.32. The number of aromatic amines is 1. The van der Waals surface area contributed by atoms with Gasteiger partial charge in [0.05, 0.1) is 12.6 Å². The summed E-state index contributed by atoms with van der Waals surface area (Å²) >= 11 is 0. The van der Waals surface area contributed by atoms with Crippen LogP contribution in [0.25, 0.3) is 0 Å². The van der Waals surface area contributed by atoms with E-state index in [1.807, 2.05) is 25.5 Å². The first-order chi connectivity index (χ1) is 6.29. The standard InChI is InChI=1S/C9H13N3O/c1-12-8(5-11-6-9(12)13)7-2-3-10-4-7/h2-4,8,10-11H,5-6H2,1H3. The van der Waals surface area contributed by atoms with Crippen molar-refractivity contribution in [2.24, 2.45) is 0 Å². The predicted octanol–water partition coefficient (Wildman–Crippen LogP) is 0.117. The largest absolute Gasteiger partial charge is 0.367 e. The first kappa shape index (κ1) is 8.31. The molecule has 1 aliphatic rings. The molecule has 1 atom stereocenters. The van der Waals surface area contributed by atoms with Crippen LogP contribution in [0.1, 0.15) is 11.6 Å². The number of aromatic nitrogens is 1. The van der Waals surface area contributed by atoms with E-state index in [9.17, 15) is 4.79 Å². The summed E-state index contributed by atoms with van der Waals surface area (Å²) in [5.41, 5.74) is 1.16. The van der Waals surface area contributed by atoms with Gasteiger partial charge < -0.3 is 15.2 Å². The molecule has 0 spiro atoms. The summed E-state index contributed by atoms with van der Waals surface area (Å²) in [5.74, 6) is 0.150. The Labute approximate surface area is 76.9 Å². The van der Waals surface area contributed by atoms with Crippen LogP contribution in [0, 0.1) is 0 Å². The number of nitrogens with zero attached hydrogens (tertiary/aromatic N) is 1. The molecule has 13 heavy (non-hydrogen) atoms. The highest BCUT2D eigenvalue weighted by atomic mass is 16.2. The lowest BCUT2D eigenvalue weighted by Crippen LogP contribution is -2.47. The molecule has 1 saturated heterocycles. The third-order valence-electron chi connectivity index (χ3n) is 2.48. The molecule has 0 saturated carbocycles. The maximum atomic E-state index is 11.4. The second kappa shape index (κ2) is 3.22. The minimum atomic E-state index is 0.150. The highest BCUT2D eigenvalue weighted by Gasteiger charge is 2.25. The molecule has 1 fully saturated rings. The Hall–Kier alpha value is -1.29. The summed E-state index contributed by atoms with van der Waals surface area (Å²) in [5, 5.41) is 3.10. The van der Waals surface area contributed by atoms with E-state index < -0.39 is 0 Å². The van der Waals surface area contributed by atoms with Crippen LogP contribution < -0.4 is 5.32 Å². The van der Waals surface area contributed by atoms with Gasteiger partial charge in [-0.2, -0.15) is 0 Å². The normalized spacial score (nSPS) is 23.6. The molecule has 70 valence electrons. The van der Waals surface area contributed by atoms with Crippen molar-refractivity contribution >= 4 is 5.91 Å². The molecule has 0 bridgehead atoms. The fraction of sp³-hybridized carbons (Fsp3) is 0.444. The maximum Gasteiger partial charge on any atom is 0.236 e. The molecule has 1 unspecified atom stereocenters. The molecule has 0 radical (unpaired) electrons. The van der Waals surface area contributed by atoms with Crippen LogP contribution in [0.5, 0.6) is 0 Å². The van der Waals surface area contributed by atoms with Gasteiger partial charge in [-0.15, -0.1) is 0 Å². The average Bonchev–Trinajstić information content (AvgIpc) is 2.62. The van der Waals surface area contributed by atoms with Crippen molar-refractivity contribution in [3.05, 3.63) is 24.0 Å². The summed E-state index contributed by atoms with van der Waals surface area (Å²) in [6, 6.07) is 2.18. The Morgan fingerprint density at radius 2 is 2.46 bits per heavy atom. The number of carbonyl (C=O) groups excluding carboxylic acids is 1. The van der Waals surface area contributed by atoms with Gasteiger partial charge in [0.15, 0.2) is 0 Å². The SMILES string of the molecule is CN1C(=O)CNCC1c1cc[nH]c1. The number of amides is 1. The smallest absolute Gasteiger partial charge is 0.236 e. The first-order valence-corrected chi connectivity index (χ1v) is 4.38. The van der Waals surface area contributed by atoms with Gasteiger partial charge in [0.2, 0.25) is 5.91 Å². The highest BCUT2D eigenvalue weighted by Crippen LogP contribution is 2.19. The zero-order valence-electron chi connectivity index (χ0n) is 7.58. The van der Waals surface area contributed by atoms with Crippen LogP contribution in [0.4, 0.5) is 0 Å². The van der Waals surface area contributed by atoms with Crippen molar-refractivity contribution in [2.45, 2.75) is 6.04 Å². The van der Waals surface area contributed by atoms with Crippen LogP contribution in [-0.2, 0) is 4.79 Å². The minimum absolute atomic E-state index is 0.150. The number of carbonyl (C=O) groups is 1. The topological polar surface area (TPSA) is 48.1 Å². The van der Waals surface area contributed by atoms with E-state index in [-0.39, 0.29) is 11.9 Å². The number of H-pyrrole nitrogens is 1. The van der Waals surface area contributed by atoms with Crippen molar-refractivity contribution in [3.8, 4) is 0 Å². The van der Waals surface area contributed by atoms with E-state index in [0.717, 1.165) is 12.1 Å². The van der Waals surface area contributed by atoms with Gasteiger partial charge in [-0.1, -0.05) is 0 Å². The number of likely N-dealkylation sites (N-methyl/N-ethyl adjacent to an activating group) is 1. The molecule has 2 N–H and O–H groups in total. The number of piperazine rings is 1. The quantitative estimate of drug-likeness (QED) is 0.643. The molecule has 4 nitrogen and oxygen atoms in total. The van der Waals surface area contributed by atoms with Crippen LogP contribution in [0.3, 0.4) is 0 Å². The van der Waals surface area contributed by atoms with Crippen LogP contribution in [-0.4, -0.2) is 35.9 Å². The van der Waals surface area contributed by atoms with Gasteiger partial charge in [0.25, 0.3) is 0 Å². The minimum Gasteiger partial charge on any atom is -0.367 e. The van der Waals surface area contributed by atoms with Gasteiger partial charge in [-0.25, -0.2) is 0 Å². The molecule has 0 aromatic carbocycles. The summed E-state index contributed by atoms with van der Waals surface area (Å²) in [4.78, 5) is 16.1. The average molecular weight is 179 g/mol. The van der Waals surface area contributed by atoms with Crippen LogP contribution in [0.15, 0.2) is 18.5 Å². The molecular formula is C9H13N3O. The van der Waals surface area contributed by atoms with Crippen LogP contribution >= 0.6 is 0 Å². The van der Waals surface area contributed by atoms with Crippen molar-refractivity contribution in [1.29, 1.82) is 0 Å². The zero-order valence-corrected chi connectivity index (χ0v) is 7.58. The molecule has 1 amide bonds. The Morgan fingerprint density at radius 3 is 3.15 bits per heavy atom. The van der Waals surface area contributed by atoms with E-state index >= 15 is 0 Å². The monoisotopic (exact) mass is 179 g/mol. The van der Waals surface area contributed by atoms with E-state index in [2.05, 4.69) is 10.3 Å². The number of rotatable bonds is 1. The lowest BCUT2D eigenvalue weighted by atomic mass is 10.1. The second-order valence-corrected chi connectivity index (χ2v) is 3.30. The Bertz CT molecular complexity index is 294. The van der Waals surface area contributed by atoms with Gasteiger partial charge in [0, 0.05) is 26.0 Å². The van der Waals surface area contributed by atoms with Crippen molar-refractivity contribution < 1.29 is 4.79 Å². The third kappa shape index (κ3) is 1.45.